The van der Waals surface area contributed by atoms with Crippen LogP contribution in [0.2, 0.25) is 5.02 Å². The van der Waals surface area contributed by atoms with E-state index in [0.29, 0.717) is 31.7 Å². The summed E-state index contributed by atoms with van der Waals surface area (Å²) in [6.07, 6.45) is 3.99. The van der Waals surface area contributed by atoms with Crippen molar-refractivity contribution in [2.75, 3.05) is 19.8 Å². The Morgan fingerprint density at radius 1 is 1.11 bits per heavy atom. The van der Waals surface area contributed by atoms with Crippen molar-refractivity contribution in [3.8, 4) is 0 Å². The molecule has 0 aliphatic carbocycles. The number of pyridine rings is 1. The van der Waals surface area contributed by atoms with Gasteiger partial charge in [-0.3, -0.25) is 19.0 Å². The molecule has 2 aromatic rings. The quantitative estimate of drug-likeness (QED) is 0.354. The third-order valence-corrected chi connectivity index (χ3v) is 4.37. The van der Waals surface area contributed by atoms with Crippen LogP contribution in [0.15, 0.2) is 53.5 Å². The maximum atomic E-state index is 13.0. The van der Waals surface area contributed by atoms with Crippen LogP contribution in [0, 0.1) is 0 Å². The average molecular weight is 405 g/mol. The van der Waals surface area contributed by atoms with E-state index in [4.69, 9.17) is 16.3 Å². The summed E-state index contributed by atoms with van der Waals surface area (Å²) in [6, 6.07) is 9.75. The van der Waals surface area contributed by atoms with Gasteiger partial charge in [0.05, 0.1) is 5.02 Å². The Morgan fingerprint density at radius 3 is 2.54 bits per heavy atom. The number of Topliss-reactive ketones (excluding diaryl/α,β-unsaturated/α-hetero) is 1. The SMILES string of the molecule is CCCCOCCCNC(=O)[C@H](C(=O)c1ccccc1)n1cc(Cl)ccc1=O. The van der Waals surface area contributed by atoms with E-state index in [-0.39, 0.29) is 5.02 Å². The number of hydrogen-bond donors (Lipinski definition) is 1. The molecule has 28 heavy (non-hydrogen) atoms. The molecule has 0 saturated carbocycles. The number of unbranched alkanes of at least 4 members (excludes halogenated alkanes) is 1. The van der Waals surface area contributed by atoms with Gasteiger partial charge >= 0.3 is 0 Å². The van der Waals surface area contributed by atoms with Gasteiger partial charge in [-0.05, 0) is 18.9 Å². The van der Waals surface area contributed by atoms with Gasteiger partial charge in [-0.1, -0.05) is 55.3 Å². The number of carbonyl (C=O) groups is 2. The second-order valence-electron chi connectivity index (χ2n) is 6.34. The van der Waals surface area contributed by atoms with Crippen LogP contribution < -0.4 is 10.9 Å². The molecule has 0 aliphatic heterocycles. The number of nitrogens with zero attached hydrogens (tertiary/aromatic N) is 1. The third kappa shape index (κ3) is 6.32. The maximum Gasteiger partial charge on any atom is 0.251 e. The van der Waals surface area contributed by atoms with Gasteiger partial charge < -0.3 is 10.1 Å². The molecule has 0 saturated heterocycles. The van der Waals surface area contributed by atoms with Crippen molar-refractivity contribution in [2.45, 2.75) is 32.2 Å². The predicted octanol–water partition coefficient (Wildman–Crippen LogP) is 3.25. The fourth-order valence-corrected chi connectivity index (χ4v) is 2.81. The Kier molecular flexibility index (Phi) is 8.91. The summed E-state index contributed by atoms with van der Waals surface area (Å²) in [4.78, 5) is 38.0. The molecule has 1 heterocycles. The molecule has 1 aromatic heterocycles. The second-order valence-corrected chi connectivity index (χ2v) is 6.77. The minimum atomic E-state index is -1.32. The zero-order chi connectivity index (χ0) is 20.4. The number of ketones is 1. The molecular weight excluding hydrogens is 380 g/mol. The number of rotatable bonds is 11. The monoisotopic (exact) mass is 404 g/mol. The van der Waals surface area contributed by atoms with E-state index in [9.17, 15) is 14.4 Å². The molecule has 7 heteroatoms. The van der Waals surface area contributed by atoms with E-state index in [2.05, 4.69) is 12.2 Å². The third-order valence-electron chi connectivity index (χ3n) is 4.14. The van der Waals surface area contributed by atoms with E-state index in [1.165, 1.54) is 18.3 Å². The minimum absolute atomic E-state index is 0.266. The summed E-state index contributed by atoms with van der Waals surface area (Å²) in [7, 11) is 0. The second kappa shape index (κ2) is 11.4. The Bertz CT molecular complexity index is 836. The normalized spacial score (nSPS) is 11.8. The topological polar surface area (TPSA) is 77.4 Å². The number of ether oxygens (including phenoxy) is 1. The number of aromatic nitrogens is 1. The molecule has 0 unspecified atom stereocenters. The van der Waals surface area contributed by atoms with Gasteiger partial charge in [-0.25, -0.2) is 0 Å². The van der Waals surface area contributed by atoms with Gasteiger partial charge in [0.1, 0.15) is 0 Å². The average Bonchev–Trinajstić information content (AvgIpc) is 2.70. The summed E-state index contributed by atoms with van der Waals surface area (Å²) in [5, 5.41) is 2.99. The first-order chi connectivity index (χ1) is 13.5. The van der Waals surface area contributed by atoms with Crippen LogP contribution in [0.3, 0.4) is 0 Å². The Balaban J connectivity index is 2.12. The molecule has 1 amide bonds. The van der Waals surface area contributed by atoms with Crippen molar-refractivity contribution in [1.82, 2.24) is 9.88 Å². The summed E-state index contributed by atoms with van der Waals surface area (Å²) in [5.74, 6) is -1.02. The molecule has 1 N–H and O–H groups in total. The minimum Gasteiger partial charge on any atom is -0.381 e. The Hall–Kier alpha value is -2.44. The molecule has 0 spiro atoms. The number of carbonyl (C=O) groups excluding carboxylic acids is 2. The highest BCUT2D eigenvalue weighted by Gasteiger charge is 2.30. The summed E-state index contributed by atoms with van der Waals surface area (Å²) in [6.45, 7) is 3.65. The summed E-state index contributed by atoms with van der Waals surface area (Å²) >= 11 is 5.98. The zero-order valence-corrected chi connectivity index (χ0v) is 16.7. The fraction of sp³-hybridized carbons (Fsp3) is 0.381. The molecule has 0 radical (unpaired) electrons. The van der Waals surface area contributed by atoms with Crippen molar-refractivity contribution >= 4 is 23.3 Å². The van der Waals surface area contributed by atoms with Crippen molar-refractivity contribution in [3.63, 3.8) is 0 Å². The summed E-state index contributed by atoms with van der Waals surface area (Å²) in [5.41, 5.74) is -0.130. The zero-order valence-electron chi connectivity index (χ0n) is 15.9. The molecule has 1 aromatic carbocycles. The lowest BCUT2D eigenvalue weighted by molar-refractivity contribution is -0.123. The Labute approximate surface area is 169 Å². The van der Waals surface area contributed by atoms with Gasteiger partial charge in [-0.15, -0.1) is 0 Å². The van der Waals surface area contributed by atoms with Crippen LogP contribution >= 0.6 is 11.6 Å². The van der Waals surface area contributed by atoms with Crippen LogP contribution in [-0.2, 0) is 9.53 Å². The van der Waals surface area contributed by atoms with Crippen LogP contribution in [-0.4, -0.2) is 36.0 Å². The standard InChI is InChI=1S/C21H25ClN2O4/c1-2-3-13-28-14-7-12-23-21(27)19(20(26)16-8-5-4-6-9-16)24-15-17(22)10-11-18(24)25/h4-6,8-11,15,19H,2-3,7,12-14H2,1H3,(H,23,27)/t19-/m0/s1. The first-order valence-electron chi connectivity index (χ1n) is 9.37. The van der Waals surface area contributed by atoms with Crippen LogP contribution in [0.1, 0.15) is 42.6 Å². The molecule has 6 nitrogen and oxygen atoms in total. The van der Waals surface area contributed by atoms with Crippen molar-refractivity contribution < 1.29 is 14.3 Å². The lowest BCUT2D eigenvalue weighted by Gasteiger charge is -2.19. The molecule has 1 atom stereocenters. The molecule has 0 aliphatic rings. The highest BCUT2D eigenvalue weighted by atomic mass is 35.5. The molecular formula is C21H25ClN2O4. The summed E-state index contributed by atoms with van der Waals surface area (Å²) < 4.78 is 6.54. The molecule has 0 fully saturated rings. The molecule has 150 valence electrons. The first kappa shape index (κ1) is 21.9. The number of halogens is 1. The van der Waals surface area contributed by atoms with Crippen molar-refractivity contribution in [3.05, 3.63) is 69.6 Å². The van der Waals surface area contributed by atoms with E-state index >= 15 is 0 Å². The fourth-order valence-electron chi connectivity index (χ4n) is 2.64. The van der Waals surface area contributed by atoms with Crippen LogP contribution in [0.4, 0.5) is 0 Å². The highest BCUT2D eigenvalue weighted by Crippen LogP contribution is 2.16. The van der Waals surface area contributed by atoms with E-state index < -0.39 is 23.3 Å². The maximum absolute atomic E-state index is 13.0. The van der Waals surface area contributed by atoms with Gasteiger partial charge in [0, 0.05) is 37.6 Å². The number of amides is 1. The highest BCUT2D eigenvalue weighted by molar-refractivity contribution is 6.30. The van der Waals surface area contributed by atoms with Gasteiger partial charge in [0.15, 0.2) is 11.8 Å². The van der Waals surface area contributed by atoms with E-state index in [1.807, 2.05) is 0 Å². The lowest BCUT2D eigenvalue weighted by Crippen LogP contribution is -2.41. The van der Waals surface area contributed by atoms with Crippen molar-refractivity contribution in [1.29, 1.82) is 0 Å². The van der Waals surface area contributed by atoms with E-state index in [1.54, 1.807) is 30.3 Å². The van der Waals surface area contributed by atoms with Crippen LogP contribution in [0.5, 0.6) is 0 Å². The van der Waals surface area contributed by atoms with Gasteiger partial charge in [-0.2, -0.15) is 0 Å². The Morgan fingerprint density at radius 2 is 1.82 bits per heavy atom. The van der Waals surface area contributed by atoms with Gasteiger partial charge in [0.2, 0.25) is 0 Å². The largest absolute Gasteiger partial charge is 0.381 e. The number of nitrogens with one attached hydrogen (secondary N) is 1. The first-order valence-corrected chi connectivity index (χ1v) is 9.74. The number of benzene rings is 1. The van der Waals surface area contributed by atoms with E-state index in [0.717, 1.165) is 17.4 Å². The molecule has 2 rings (SSSR count). The van der Waals surface area contributed by atoms with Crippen molar-refractivity contribution in [2.24, 2.45) is 0 Å². The lowest BCUT2D eigenvalue weighted by atomic mass is 10.0. The number of hydrogen-bond acceptors (Lipinski definition) is 4. The smallest absolute Gasteiger partial charge is 0.251 e. The predicted molar refractivity (Wildman–Crippen MR) is 109 cm³/mol. The van der Waals surface area contributed by atoms with Gasteiger partial charge in [0.25, 0.3) is 11.5 Å². The molecule has 0 bridgehead atoms. The van der Waals surface area contributed by atoms with Crippen LogP contribution in [0.25, 0.3) is 0 Å².